The summed E-state index contributed by atoms with van der Waals surface area (Å²) >= 11 is 0. The van der Waals surface area contributed by atoms with Crippen LogP contribution in [0.5, 0.6) is 5.75 Å². The van der Waals surface area contributed by atoms with E-state index < -0.39 is 6.04 Å². The van der Waals surface area contributed by atoms with Crippen molar-refractivity contribution in [2.45, 2.75) is 18.9 Å². The van der Waals surface area contributed by atoms with Gasteiger partial charge in [-0.05, 0) is 36.6 Å². The average molecular weight is 289 g/mol. The fourth-order valence-electron chi connectivity index (χ4n) is 2.39. The summed E-state index contributed by atoms with van der Waals surface area (Å²) in [5.74, 6) is 0.251. The molecule has 0 saturated carbocycles. The van der Waals surface area contributed by atoms with Gasteiger partial charge in [-0.15, -0.1) is 0 Å². The minimum Gasteiger partial charge on any atom is -0.497 e. The van der Waals surface area contributed by atoms with Crippen molar-refractivity contribution in [1.29, 1.82) is 0 Å². The molecule has 1 aromatic rings. The molecule has 1 unspecified atom stereocenters. The van der Waals surface area contributed by atoms with Gasteiger partial charge in [0.15, 0.2) is 0 Å². The second-order valence-corrected chi connectivity index (χ2v) is 4.82. The number of benzene rings is 1. The van der Waals surface area contributed by atoms with Gasteiger partial charge in [0, 0.05) is 12.6 Å². The molecule has 0 radical (unpaired) electrons. The molecule has 1 atom stereocenters. The lowest BCUT2D eigenvalue weighted by atomic mass is 10.2. The van der Waals surface area contributed by atoms with Crippen LogP contribution in [0.2, 0.25) is 0 Å². The molecule has 21 heavy (non-hydrogen) atoms. The third-order valence-corrected chi connectivity index (χ3v) is 3.54. The minimum atomic E-state index is -0.456. The third kappa shape index (κ3) is 3.62. The first kappa shape index (κ1) is 15.1. The van der Waals surface area contributed by atoms with Crippen molar-refractivity contribution >= 4 is 18.0 Å². The summed E-state index contributed by atoms with van der Waals surface area (Å²) in [5, 5.41) is 0. The standard InChI is InChI=1S/C16H19NO4/c1-20-13-8-5-12(6-9-13)7-10-15(18)17-11-3-4-14(17)16(19)21-2/h5-10,14H,3-4,11H2,1-2H3/b10-7+. The van der Waals surface area contributed by atoms with Gasteiger partial charge in [0.05, 0.1) is 14.2 Å². The molecule has 0 spiro atoms. The molecule has 0 bridgehead atoms. The van der Waals surface area contributed by atoms with Crippen LogP contribution in [-0.2, 0) is 14.3 Å². The molecule has 2 rings (SSSR count). The fourth-order valence-corrected chi connectivity index (χ4v) is 2.39. The van der Waals surface area contributed by atoms with Crippen LogP contribution in [0.25, 0.3) is 6.08 Å². The van der Waals surface area contributed by atoms with E-state index in [-0.39, 0.29) is 11.9 Å². The number of hydrogen-bond donors (Lipinski definition) is 0. The summed E-state index contributed by atoms with van der Waals surface area (Å²) in [6.45, 7) is 0.589. The summed E-state index contributed by atoms with van der Waals surface area (Å²) in [6.07, 6.45) is 4.70. The molecule has 0 aromatic heterocycles. The molecular weight excluding hydrogens is 270 g/mol. The maximum atomic E-state index is 12.2. The van der Waals surface area contributed by atoms with E-state index in [0.29, 0.717) is 13.0 Å². The number of likely N-dealkylation sites (tertiary alicyclic amines) is 1. The summed E-state index contributed by atoms with van der Waals surface area (Å²) < 4.78 is 9.81. The molecular formula is C16H19NO4. The van der Waals surface area contributed by atoms with Crippen molar-refractivity contribution < 1.29 is 19.1 Å². The molecule has 1 saturated heterocycles. The Morgan fingerprint density at radius 3 is 2.57 bits per heavy atom. The van der Waals surface area contributed by atoms with Gasteiger partial charge < -0.3 is 14.4 Å². The van der Waals surface area contributed by atoms with Crippen LogP contribution in [0.1, 0.15) is 18.4 Å². The number of esters is 1. The van der Waals surface area contributed by atoms with Crippen molar-refractivity contribution in [2.24, 2.45) is 0 Å². The van der Waals surface area contributed by atoms with E-state index in [0.717, 1.165) is 17.7 Å². The van der Waals surface area contributed by atoms with Gasteiger partial charge in [0.2, 0.25) is 5.91 Å². The minimum absolute atomic E-state index is 0.168. The van der Waals surface area contributed by atoms with Crippen LogP contribution < -0.4 is 4.74 Å². The van der Waals surface area contributed by atoms with Crippen molar-refractivity contribution in [3.63, 3.8) is 0 Å². The summed E-state index contributed by atoms with van der Waals surface area (Å²) in [6, 6.07) is 6.94. The zero-order valence-corrected chi connectivity index (χ0v) is 12.2. The zero-order valence-electron chi connectivity index (χ0n) is 12.2. The normalized spacial score (nSPS) is 18.0. The van der Waals surface area contributed by atoms with Crippen molar-refractivity contribution in [2.75, 3.05) is 20.8 Å². The van der Waals surface area contributed by atoms with Crippen molar-refractivity contribution in [1.82, 2.24) is 4.90 Å². The van der Waals surface area contributed by atoms with E-state index >= 15 is 0 Å². The number of rotatable bonds is 4. The zero-order chi connectivity index (χ0) is 15.2. The molecule has 1 aliphatic heterocycles. The Morgan fingerprint density at radius 2 is 1.95 bits per heavy atom. The number of carbonyl (C=O) groups excluding carboxylic acids is 2. The second kappa shape index (κ2) is 6.92. The quantitative estimate of drug-likeness (QED) is 0.627. The van der Waals surface area contributed by atoms with E-state index in [1.165, 1.54) is 13.2 Å². The number of ether oxygens (including phenoxy) is 2. The Kier molecular flexibility index (Phi) is 4.98. The monoisotopic (exact) mass is 289 g/mol. The molecule has 112 valence electrons. The van der Waals surface area contributed by atoms with Crippen LogP contribution in [0.15, 0.2) is 30.3 Å². The highest BCUT2D eigenvalue weighted by molar-refractivity contribution is 5.95. The lowest BCUT2D eigenvalue weighted by molar-refractivity contribution is -0.149. The predicted octanol–water partition coefficient (Wildman–Crippen LogP) is 1.87. The van der Waals surface area contributed by atoms with Crippen LogP contribution in [0.4, 0.5) is 0 Å². The number of methoxy groups -OCH3 is 2. The van der Waals surface area contributed by atoms with Gasteiger partial charge in [-0.2, -0.15) is 0 Å². The van der Waals surface area contributed by atoms with Gasteiger partial charge in [-0.3, -0.25) is 4.79 Å². The number of nitrogens with zero attached hydrogens (tertiary/aromatic N) is 1. The highest BCUT2D eigenvalue weighted by Gasteiger charge is 2.33. The lowest BCUT2D eigenvalue weighted by Crippen LogP contribution is -2.40. The van der Waals surface area contributed by atoms with Gasteiger partial charge in [0.25, 0.3) is 0 Å². The van der Waals surface area contributed by atoms with E-state index in [1.807, 2.05) is 24.3 Å². The molecule has 0 aliphatic carbocycles. The van der Waals surface area contributed by atoms with Crippen molar-refractivity contribution in [3.05, 3.63) is 35.9 Å². The van der Waals surface area contributed by atoms with Crippen LogP contribution in [-0.4, -0.2) is 43.6 Å². The van der Waals surface area contributed by atoms with E-state index in [4.69, 9.17) is 9.47 Å². The molecule has 5 heteroatoms. The molecule has 0 N–H and O–H groups in total. The van der Waals surface area contributed by atoms with Gasteiger partial charge in [-0.25, -0.2) is 4.79 Å². The van der Waals surface area contributed by atoms with E-state index in [9.17, 15) is 9.59 Å². The highest BCUT2D eigenvalue weighted by Crippen LogP contribution is 2.19. The number of amides is 1. The van der Waals surface area contributed by atoms with Gasteiger partial charge >= 0.3 is 5.97 Å². The van der Waals surface area contributed by atoms with Gasteiger partial charge in [0.1, 0.15) is 11.8 Å². The Labute approximate surface area is 124 Å². The highest BCUT2D eigenvalue weighted by atomic mass is 16.5. The topological polar surface area (TPSA) is 55.8 Å². The first-order valence-electron chi connectivity index (χ1n) is 6.86. The summed E-state index contributed by atoms with van der Waals surface area (Å²) in [5.41, 5.74) is 0.901. The fraction of sp³-hybridized carbons (Fsp3) is 0.375. The summed E-state index contributed by atoms with van der Waals surface area (Å²) in [7, 11) is 2.95. The molecule has 1 fully saturated rings. The average Bonchev–Trinajstić information content (AvgIpc) is 3.02. The molecule has 1 heterocycles. The van der Waals surface area contributed by atoms with Crippen LogP contribution >= 0.6 is 0 Å². The SMILES string of the molecule is COC(=O)C1CCCN1C(=O)/C=C/c1ccc(OC)cc1. The predicted molar refractivity (Wildman–Crippen MR) is 78.8 cm³/mol. The number of carbonyl (C=O) groups is 2. The Hall–Kier alpha value is -2.30. The van der Waals surface area contributed by atoms with Crippen LogP contribution in [0, 0.1) is 0 Å². The Bertz CT molecular complexity index is 536. The first-order chi connectivity index (χ1) is 10.2. The van der Waals surface area contributed by atoms with E-state index in [2.05, 4.69) is 0 Å². The summed E-state index contributed by atoms with van der Waals surface area (Å²) in [4.78, 5) is 25.4. The molecule has 1 amide bonds. The Balaban J connectivity index is 2.02. The van der Waals surface area contributed by atoms with Crippen molar-refractivity contribution in [3.8, 4) is 5.75 Å². The smallest absolute Gasteiger partial charge is 0.328 e. The maximum Gasteiger partial charge on any atom is 0.328 e. The van der Waals surface area contributed by atoms with E-state index in [1.54, 1.807) is 18.1 Å². The molecule has 1 aromatic carbocycles. The number of hydrogen-bond acceptors (Lipinski definition) is 4. The second-order valence-electron chi connectivity index (χ2n) is 4.82. The molecule has 1 aliphatic rings. The lowest BCUT2D eigenvalue weighted by Gasteiger charge is -2.20. The van der Waals surface area contributed by atoms with Crippen LogP contribution in [0.3, 0.4) is 0 Å². The third-order valence-electron chi connectivity index (χ3n) is 3.54. The Morgan fingerprint density at radius 1 is 1.24 bits per heavy atom. The van der Waals surface area contributed by atoms with Gasteiger partial charge in [-0.1, -0.05) is 12.1 Å². The molecule has 5 nitrogen and oxygen atoms in total. The first-order valence-corrected chi connectivity index (χ1v) is 6.86. The maximum absolute atomic E-state index is 12.2. The largest absolute Gasteiger partial charge is 0.497 e.